The Kier molecular flexibility index (Phi) is 5.01. The molecule has 1 aromatic rings. The maximum absolute atomic E-state index is 12.6. The summed E-state index contributed by atoms with van der Waals surface area (Å²) in [5.41, 5.74) is 2.86. The molecule has 1 saturated heterocycles. The molecule has 0 aromatic heterocycles. The molecule has 2 aliphatic rings. The van der Waals surface area contributed by atoms with Gasteiger partial charge >= 0.3 is 0 Å². The summed E-state index contributed by atoms with van der Waals surface area (Å²) in [6.07, 6.45) is 8.77. The summed E-state index contributed by atoms with van der Waals surface area (Å²) >= 11 is 0. The Balaban J connectivity index is 1.68. The molecule has 3 nitrogen and oxygen atoms in total. The first kappa shape index (κ1) is 15.4. The summed E-state index contributed by atoms with van der Waals surface area (Å²) in [6, 6.07) is 6.37. The number of hydrogen-bond acceptors (Lipinski definition) is 2. The number of piperidine rings is 1. The zero-order chi connectivity index (χ0) is 15.4. The minimum absolute atomic E-state index is 0.167. The van der Waals surface area contributed by atoms with Crippen molar-refractivity contribution in [1.29, 1.82) is 0 Å². The number of fused-ring (bicyclic) bond motifs is 1. The lowest BCUT2D eigenvalue weighted by Gasteiger charge is -2.30. The molecule has 0 N–H and O–H groups in total. The van der Waals surface area contributed by atoms with Crippen molar-refractivity contribution >= 4 is 5.91 Å². The van der Waals surface area contributed by atoms with Crippen LogP contribution >= 0.6 is 0 Å². The first-order valence-electron chi connectivity index (χ1n) is 8.85. The first-order chi connectivity index (χ1) is 10.8. The van der Waals surface area contributed by atoms with Crippen LogP contribution in [0.1, 0.15) is 56.6 Å². The third-order valence-electron chi connectivity index (χ3n) is 4.91. The highest BCUT2D eigenvalue weighted by atomic mass is 16.5. The molecule has 1 atom stereocenters. The van der Waals surface area contributed by atoms with E-state index in [2.05, 4.69) is 12.1 Å². The van der Waals surface area contributed by atoms with Crippen molar-refractivity contribution < 1.29 is 9.53 Å². The Bertz CT molecular complexity index is 520. The third-order valence-corrected chi connectivity index (χ3v) is 4.91. The molecule has 120 valence electrons. The van der Waals surface area contributed by atoms with Crippen LogP contribution in [0.25, 0.3) is 0 Å². The van der Waals surface area contributed by atoms with Crippen molar-refractivity contribution in [1.82, 2.24) is 4.90 Å². The molecule has 1 heterocycles. The molecule has 0 radical (unpaired) electrons. The fourth-order valence-corrected chi connectivity index (χ4v) is 3.57. The van der Waals surface area contributed by atoms with Gasteiger partial charge in [-0.15, -0.1) is 0 Å². The average Bonchev–Trinajstić information content (AvgIpc) is 2.59. The zero-order valence-corrected chi connectivity index (χ0v) is 13.6. The highest BCUT2D eigenvalue weighted by Gasteiger charge is 2.26. The minimum atomic E-state index is -0.334. The van der Waals surface area contributed by atoms with Gasteiger partial charge in [0, 0.05) is 13.1 Å². The number of likely N-dealkylation sites (tertiary alicyclic amines) is 1. The quantitative estimate of drug-likeness (QED) is 0.848. The van der Waals surface area contributed by atoms with Crippen LogP contribution in [0, 0.1) is 0 Å². The summed E-state index contributed by atoms with van der Waals surface area (Å²) in [7, 11) is 0. The molecular formula is C19H27NO2. The molecule has 1 aliphatic heterocycles. The molecular weight excluding hydrogens is 274 g/mol. The predicted molar refractivity (Wildman–Crippen MR) is 88.2 cm³/mol. The fourth-order valence-electron chi connectivity index (χ4n) is 3.57. The van der Waals surface area contributed by atoms with E-state index in [0.29, 0.717) is 0 Å². The van der Waals surface area contributed by atoms with Gasteiger partial charge in [-0.3, -0.25) is 4.79 Å². The van der Waals surface area contributed by atoms with Crippen LogP contribution in [-0.4, -0.2) is 30.0 Å². The van der Waals surface area contributed by atoms with E-state index in [1.807, 2.05) is 17.9 Å². The molecule has 1 amide bonds. The highest BCUT2D eigenvalue weighted by Crippen LogP contribution is 2.26. The summed E-state index contributed by atoms with van der Waals surface area (Å²) in [4.78, 5) is 14.6. The van der Waals surface area contributed by atoms with Crippen molar-refractivity contribution in [3.63, 3.8) is 0 Å². The SMILES string of the molecule is CC[C@@H](Oc1ccc2c(c1)CCCC2)C(=O)N1CCCCC1. The molecule has 22 heavy (non-hydrogen) atoms. The second-order valence-corrected chi connectivity index (χ2v) is 6.54. The van der Waals surface area contributed by atoms with Crippen molar-refractivity contribution in [3.05, 3.63) is 29.3 Å². The Morgan fingerprint density at radius 1 is 1.09 bits per heavy atom. The van der Waals surface area contributed by atoms with E-state index in [-0.39, 0.29) is 12.0 Å². The topological polar surface area (TPSA) is 29.5 Å². The van der Waals surface area contributed by atoms with Gasteiger partial charge in [-0.05, 0) is 74.6 Å². The normalized spacial score (nSPS) is 19.4. The smallest absolute Gasteiger partial charge is 0.263 e. The lowest BCUT2D eigenvalue weighted by molar-refractivity contribution is -0.139. The van der Waals surface area contributed by atoms with Crippen LogP contribution in [-0.2, 0) is 17.6 Å². The number of rotatable bonds is 4. The molecule has 1 aromatic carbocycles. The van der Waals surface area contributed by atoms with Gasteiger partial charge in [-0.25, -0.2) is 0 Å². The Morgan fingerprint density at radius 2 is 1.82 bits per heavy atom. The number of benzene rings is 1. The lowest BCUT2D eigenvalue weighted by atomic mass is 9.92. The van der Waals surface area contributed by atoms with Gasteiger partial charge in [0.05, 0.1) is 0 Å². The van der Waals surface area contributed by atoms with Crippen LogP contribution in [0.3, 0.4) is 0 Å². The maximum atomic E-state index is 12.6. The lowest BCUT2D eigenvalue weighted by Crippen LogP contribution is -2.44. The Hall–Kier alpha value is -1.51. The molecule has 0 bridgehead atoms. The molecule has 1 fully saturated rings. The molecule has 3 rings (SSSR count). The van der Waals surface area contributed by atoms with E-state index in [4.69, 9.17) is 4.74 Å². The second kappa shape index (κ2) is 7.17. The van der Waals surface area contributed by atoms with E-state index in [1.165, 1.54) is 36.8 Å². The van der Waals surface area contributed by atoms with Crippen molar-refractivity contribution in [3.8, 4) is 5.75 Å². The van der Waals surface area contributed by atoms with Crippen molar-refractivity contribution in [2.24, 2.45) is 0 Å². The summed E-state index contributed by atoms with van der Waals surface area (Å²) in [5.74, 6) is 1.03. The van der Waals surface area contributed by atoms with Gasteiger partial charge in [0.25, 0.3) is 5.91 Å². The van der Waals surface area contributed by atoms with Crippen LogP contribution < -0.4 is 4.74 Å². The Labute approximate surface area is 133 Å². The number of nitrogens with zero attached hydrogens (tertiary/aromatic N) is 1. The number of hydrogen-bond donors (Lipinski definition) is 0. The molecule has 0 unspecified atom stereocenters. The standard InChI is InChI=1S/C19H27NO2/c1-2-18(19(21)20-12-6-3-7-13-20)22-17-11-10-15-8-4-5-9-16(15)14-17/h10-11,14,18H,2-9,12-13H2,1H3/t18-/m1/s1. The predicted octanol–water partition coefficient (Wildman–Crippen LogP) is 3.74. The first-order valence-corrected chi connectivity index (χ1v) is 8.85. The second-order valence-electron chi connectivity index (χ2n) is 6.54. The number of carbonyl (C=O) groups is 1. The molecule has 1 aliphatic carbocycles. The molecule has 0 saturated carbocycles. The minimum Gasteiger partial charge on any atom is -0.481 e. The highest BCUT2D eigenvalue weighted by molar-refractivity contribution is 5.81. The fraction of sp³-hybridized carbons (Fsp3) is 0.632. The van der Waals surface area contributed by atoms with Gasteiger partial charge in [0.15, 0.2) is 6.10 Å². The maximum Gasteiger partial charge on any atom is 0.263 e. The molecule has 3 heteroatoms. The average molecular weight is 301 g/mol. The van der Waals surface area contributed by atoms with Crippen LogP contribution in [0.4, 0.5) is 0 Å². The number of ether oxygens (including phenoxy) is 1. The summed E-state index contributed by atoms with van der Waals surface area (Å²) in [6.45, 7) is 3.82. The van der Waals surface area contributed by atoms with Crippen LogP contribution in [0.2, 0.25) is 0 Å². The van der Waals surface area contributed by atoms with Gasteiger partial charge in [-0.1, -0.05) is 13.0 Å². The van der Waals surface area contributed by atoms with E-state index in [0.717, 1.165) is 44.5 Å². The Morgan fingerprint density at radius 3 is 2.55 bits per heavy atom. The van der Waals surface area contributed by atoms with E-state index in [1.54, 1.807) is 0 Å². The number of amides is 1. The van der Waals surface area contributed by atoms with Crippen LogP contribution in [0.5, 0.6) is 5.75 Å². The summed E-state index contributed by atoms with van der Waals surface area (Å²) in [5, 5.41) is 0. The van der Waals surface area contributed by atoms with Crippen molar-refractivity contribution in [2.75, 3.05) is 13.1 Å². The molecule has 0 spiro atoms. The van der Waals surface area contributed by atoms with Gasteiger partial charge < -0.3 is 9.64 Å². The number of carbonyl (C=O) groups excluding carboxylic acids is 1. The van der Waals surface area contributed by atoms with Crippen molar-refractivity contribution in [2.45, 2.75) is 64.4 Å². The van der Waals surface area contributed by atoms with Gasteiger partial charge in [0.1, 0.15) is 5.75 Å². The zero-order valence-electron chi connectivity index (χ0n) is 13.6. The van der Waals surface area contributed by atoms with E-state index >= 15 is 0 Å². The van der Waals surface area contributed by atoms with Gasteiger partial charge in [-0.2, -0.15) is 0 Å². The van der Waals surface area contributed by atoms with E-state index < -0.39 is 0 Å². The van der Waals surface area contributed by atoms with E-state index in [9.17, 15) is 4.79 Å². The monoisotopic (exact) mass is 301 g/mol. The number of aryl methyl sites for hydroxylation is 2. The third kappa shape index (κ3) is 3.45. The van der Waals surface area contributed by atoms with Crippen LogP contribution in [0.15, 0.2) is 18.2 Å². The van der Waals surface area contributed by atoms with Gasteiger partial charge in [0.2, 0.25) is 0 Å². The largest absolute Gasteiger partial charge is 0.481 e. The summed E-state index contributed by atoms with van der Waals surface area (Å²) < 4.78 is 6.05.